The molecule has 1 heterocycles. The van der Waals surface area contributed by atoms with Gasteiger partial charge in [0.2, 0.25) is 0 Å². The lowest BCUT2D eigenvalue weighted by Gasteiger charge is -2.36. The van der Waals surface area contributed by atoms with Crippen LogP contribution in [-0.4, -0.2) is 33.3 Å². The lowest BCUT2D eigenvalue weighted by Crippen LogP contribution is -2.46. The zero-order valence-corrected chi connectivity index (χ0v) is 9.02. The van der Waals surface area contributed by atoms with Crippen LogP contribution in [-0.2, 0) is 6.54 Å². The van der Waals surface area contributed by atoms with E-state index in [2.05, 4.69) is 14.9 Å². The molecule has 2 rings (SSSR count). The summed E-state index contributed by atoms with van der Waals surface area (Å²) in [5, 5.41) is 13.1. The molecule has 0 aromatic carbocycles. The van der Waals surface area contributed by atoms with Crippen LogP contribution in [0.4, 0.5) is 0 Å². The Morgan fingerprint density at radius 3 is 2.93 bits per heavy atom. The van der Waals surface area contributed by atoms with Crippen molar-refractivity contribution in [1.29, 1.82) is 0 Å². The molecule has 0 atom stereocenters. The molecule has 0 unspecified atom stereocenters. The van der Waals surface area contributed by atoms with Crippen LogP contribution in [0.5, 0.6) is 0 Å². The number of rotatable bonds is 6. The van der Waals surface area contributed by atoms with E-state index in [4.69, 9.17) is 0 Å². The highest BCUT2D eigenvalue weighted by atomic mass is 16.3. The predicted molar refractivity (Wildman–Crippen MR) is 58.5 cm³/mol. The maximum absolute atomic E-state index is 9.82. The topological polar surface area (TPSA) is 50.1 Å². The minimum absolute atomic E-state index is 0.394. The summed E-state index contributed by atoms with van der Waals surface area (Å²) in [4.78, 5) is 3.99. The molecular weight excluding hydrogens is 190 g/mol. The number of hydrogen-bond donors (Lipinski definition) is 2. The molecule has 4 nitrogen and oxygen atoms in total. The van der Waals surface area contributed by atoms with E-state index < -0.39 is 5.60 Å². The quantitative estimate of drug-likeness (QED) is 0.681. The van der Waals surface area contributed by atoms with Crippen molar-refractivity contribution in [3.05, 3.63) is 18.7 Å². The molecule has 1 saturated carbocycles. The lowest BCUT2D eigenvalue weighted by atomic mass is 9.80. The molecule has 0 radical (unpaired) electrons. The first-order valence-electron chi connectivity index (χ1n) is 5.67. The first kappa shape index (κ1) is 10.6. The molecule has 0 saturated heterocycles. The third-order valence-electron chi connectivity index (χ3n) is 3.07. The predicted octanol–water partition coefficient (Wildman–Crippen LogP) is 0.778. The first-order valence-corrected chi connectivity index (χ1v) is 5.67. The molecule has 0 amide bonds. The Bertz CT molecular complexity index is 280. The van der Waals surface area contributed by atoms with Crippen LogP contribution in [0.2, 0.25) is 0 Å². The lowest BCUT2D eigenvalue weighted by molar-refractivity contribution is -0.0311. The average Bonchev–Trinajstić information content (AvgIpc) is 2.67. The fourth-order valence-corrected chi connectivity index (χ4v) is 1.89. The molecular formula is C11H19N3O. The Balaban J connectivity index is 1.52. The normalized spacial score (nSPS) is 18.7. The summed E-state index contributed by atoms with van der Waals surface area (Å²) in [6.45, 7) is 2.70. The molecule has 1 fully saturated rings. The molecule has 0 bridgehead atoms. The summed E-state index contributed by atoms with van der Waals surface area (Å²) in [7, 11) is 0. The zero-order chi connectivity index (χ0) is 10.6. The van der Waals surface area contributed by atoms with Gasteiger partial charge in [0.25, 0.3) is 0 Å². The van der Waals surface area contributed by atoms with E-state index in [0.717, 1.165) is 38.9 Å². The third kappa shape index (κ3) is 3.04. The molecule has 4 heteroatoms. The highest BCUT2D eigenvalue weighted by molar-refractivity contribution is 4.89. The monoisotopic (exact) mass is 209 g/mol. The molecule has 0 spiro atoms. The Labute approximate surface area is 90.3 Å². The number of aryl methyl sites for hydroxylation is 1. The molecule has 1 aliphatic carbocycles. The summed E-state index contributed by atoms with van der Waals surface area (Å²) >= 11 is 0. The van der Waals surface area contributed by atoms with Crippen LogP contribution in [0.3, 0.4) is 0 Å². The van der Waals surface area contributed by atoms with E-state index in [1.54, 1.807) is 6.20 Å². The fourth-order valence-electron chi connectivity index (χ4n) is 1.89. The highest BCUT2D eigenvalue weighted by Gasteiger charge is 2.33. The van der Waals surface area contributed by atoms with Gasteiger partial charge in [-0.25, -0.2) is 4.98 Å². The number of nitrogens with one attached hydrogen (secondary N) is 1. The standard InChI is InChI=1S/C11H19N3O/c15-11(3-1-4-11)9-12-5-2-7-14-8-6-13-10-14/h6,8,10,12,15H,1-5,7,9H2. The molecule has 84 valence electrons. The number of imidazole rings is 1. The Kier molecular flexibility index (Phi) is 3.38. The van der Waals surface area contributed by atoms with Crippen molar-refractivity contribution in [1.82, 2.24) is 14.9 Å². The van der Waals surface area contributed by atoms with Gasteiger partial charge in [-0.1, -0.05) is 0 Å². The van der Waals surface area contributed by atoms with Crippen LogP contribution in [0.25, 0.3) is 0 Å². The summed E-state index contributed by atoms with van der Waals surface area (Å²) in [6.07, 6.45) is 9.77. The second-order valence-electron chi connectivity index (χ2n) is 4.41. The van der Waals surface area contributed by atoms with E-state index in [1.165, 1.54) is 6.42 Å². The van der Waals surface area contributed by atoms with Crippen LogP contribution in [0.15, 0.2) is 18.7 Å². The van der Waals surface area contributed by atoms with Gasteiger partial charge in [0, 0.05) is 25.5 Å². The van der Waals surface area contributed by atoms with E-state index in [0.29, 0.717) is 0 Å². The van der Waals surface area contributed by atoms with Gasteiger partial charge in [0.1, 0.15) is 0 Å². The fraction of sp³-hybridized carbons (Fsp3) is 0.727. The minimum atomic E-state index is -0.394. The highest BCUT2D eigenvalue weighted by Crippen LogP contribution is 2.30. The van der Waals surface area contributed by atoms with Gasteiger partial charge in [-0.2, -0.15) is 0 Å². The number of nitrogens with zero attached hydrogens (tertiary/aromatic N) is 2. The maximum atomic E-state index is 9.82. The summed E-state index contributed by atoms with van der Waals surface area (Å²) in [6, 6.07) is 0. The maximum Gasteiger partial charge on any atom is 0.0945 e. The van der Waals surface area contributed by atoms with Crippen LogP contribution in [0, 0.1) is 0 Å². The van der Waals surface area contributed by atoms with Gasteiger partial charge in [0.15, 0.2) is 0 Å². The summed E-state index contributed by atoms with van der Waals surface area (Å²) in [5.41, 5.74) is -0.394. The van der Waals surface area contributed by atoms with E-state index in [1.807, 2.05) is 12.5 Å². The van der Waals surface area contributed by atoms with Crippen molar-refractivity contribution < 1.29 is 5.11 Å². The Hall–Kier alpha value is -0.870. The van der Waals surface area contributed by atoms with Gasteiger partial charge >= 0.3 is 0 Å². The molecule has 2 N–H and O–H groups in total. The smallest absolute Gasteiger partial charge is 0.0945 e. The molecule has 0 aliphatic heterocycles. The second-order valence-corrected chi connectivity index (χ2v) is 4.41. The van der Waals surface area contributed by atoms with Crippen molar-refractivity contribution in [2.24, 2.45) is 0 Å². The van der Waals surface area contributed by atoms with Crippen LogP contribution >= 0.6 is 0 Å². The van der Waals surface area contributed by atoms with Crippen LogP contribution < -0.4 is 5.32 Å². The van der Waals surface area contributed by atoms with E-state index in [-0.39, 0.29) is 0 Å². The second kappa shape index (κ2) is 4.77. The third-order valence-corrected chi connectivity index (χ3v) is 3.07. The van der Waals surface area contributed by atoms with Crippen molar-refractivity contribution >= 4 is 0 Å². The summed E-state index contributed by atoms with van der Waals surface area (Å²) in [5.74, 6) is 0. The first-order chi connectivity index (χ1) is 7.29. The van der Waals surface area contributed by atoms with Gasteiger partial charge in [-0.05, 0) is 32.2 Å². The Morgan fingerprint density at radius 2 is 2.33 bits per heavy atom. The van der Waals surface area contributed by atoms with Crippen molar-refractivity contribution in [2.75, 3.05) is 13.1 Å². The van der Waals surface area contributed by atoms with Crippen molar-refractivity contribution in [3.63, 3.8) is 0 Å². The van der Waals surface area contributed by atoms with E-state index in [9.17, 15) is 5.11 Å². The van der Waals surface area contributed by atoms with Gasteiger partial charge < -0.3 is 15.0 Å². The zero-order valence-electron chi connectivity index (χ0n) is 9.02. The summed E-state index contributed by atoms with van der Waals surface area (Å²) < 4.78 is 2.07. The van der Waals surface area contributed by atoms with E-state index >= 15 is 0 Å². The number of hydrogen-bond acceptors (Lipinski definition) is 3. The van der Waals surface area contributed by atoms with Crippen molar-refractivity contribution in [3.8, 4) is 0 Å². The van der Waals surface area contributed by atoms with Gasteiger partial charge in [-0.3, -0.25) is 0 Å². The van der Waals surface area contributed by atoms with Crippen LogP contribution in [0.1, 0.15) is 25.7 Å². The van der Waals surface area contributed by atoms with Gasteiger partial charge in [-0.15, -0.1) is 0 Å². The molecule has 15 heavy (non-hydrogen) atoms. The molecule has 1 aromatic heterocycles. The average molecular weight is 209 g/mol. The Morgan fingerprint density at radius 1 is 1.47 bits per heavy atom. The van der Waals surface area contributed by atoms with Crippen molar-refractivity contribution in [2.45, 2.75) is 37.8 Å². The largest absolute Gasteiger partial charge is 0.389 e. The number of aliphatic hydroxyl groups is 1. The SMILES string of the molecule is OC1(CNCCCn2ccnc2)CCC1. The van der Waals surface area contributed by atoms with Gasteiger partial charge in [0.05, 0.1) is 11.9 Å². The number of aromatic nitrogens is 2. The molecule has 1 aliphatic rings. The minimum Gasteiger partial charge on any atom is -0.389 e. The molecule has 1 aromatic rings.